The standard InChI is InChI=1S/C13H10BrCl2N/c14-11-7-9(4-5-12(11)16)13(17)8-2-1-3-10(15)6-8/h1-7,13H,17H2. The van der Waals surface area contributed by atoms with Crippen molar-refractivity contribution in [2.24, 2.45) is 5.73 Å². The maximum Gasteiger partial charge on any atom is 0.0552 e. The Hall–Kier alpha value is -0.540. The zero-order valence-corrected chi connectivity index (χ0v) is 11.9. The van der Waals surface area contributed by atoms with E-state index >= 15 is 0 Å². The normalized spacial score (nSPS) is 12.5. The van der Waals surface area contributed by atoms with Gasteiger partial charge in [-0.05, 0) is 51.3 Å². The minimum absolute atomic E-state index is 0.206. The van der Waals surface area contributed by atoms with E-state index in [9.17, 15) is 0 Å². The lowest BCUT2D eigenvalue weighted by Gasteiger charge is -2.13. The molecule has 0 aliphatic heterocycles. The van der Waals surface area contributed by atoms with Gasteiger partial charge in [0.1, 0.15) is 0 Å². The summed E-state index contributed by atoms with van der Waals surface area (Å²) in [5.41, 5.74) is 8.15. The van der Waals surface area contributed by atoms with Gasteiger partial charge in [0.25, 0.3) is 0 Å². The van der Waals surface area contributed by atoms with Gasteiger partial charge in [0.15, 0.2) is 0 Å². The molecule has 2 N–H and O–H groups in total. The van der Waals surface area contributed by atoms with Crippen LogP contribution in [0.2, 0.25) is 10.0 Å². The summed E-state index contributed by atoms with van der Waals surface area (Å²) in [6.45, 7) is 0. The molecule has 0 aliphatic carbocycles. The molecule has 2 aromatic carbocycles. The molecule has 0 saturated heterocycles. The average molecular weight is 331 g/mol. The first kappa shape index (κ1) is 12.9. The second kappa shape index (κ2) is 5.40. The van der Waals surface area contributed by atoms with E-state index in [4.69, 9.17) is 28.9 Å². The fourth-order valence-electron chi connectivity index (χ4n) is 1.60. The monoisotopic (exact) mass is 329 g/mol. The molecule has 0 saturated carbocycles. The smallest absolute Gasteiger partial charge is 0.0552 e. The van der Waals surface area contributed by atoms with Crippen molar-refractivity contribution >= 4 is 39.1 Å². The van der Waals surface area contributed by atoms with Gasteiger partial charge in [0.05, 0.1) is 11.1 Å². The zero-order valence-electron chi connectivity index (χ0n) is 8.83. The van der Waals surface area contributed by atoms with Crippen molar-refractivity contribution in [2.45, 2.75) is 6.04 Å². The molecule has 1 atom stereocenters. The molecule has 2 rings (SSSR count). The van der Waals surface area contributed by atoms with E-state index in [0.29, 0.717) is 10.0 Å². The number of halogens is 3. The van der Waals surface area contributed by atoms with Crippen LogP contribution in [0.1, 0.15) is 17.2 Å². The number of hydrogen-bond acceptors (Lipinski definition) is 1. The zero-order chi connectivity index (χ0) is 12.4. The van der Waals surface area contributed by atoms with Gasteiger partial charge in [-0.2, -0.15) is 0 Å². The Kier molecular flexibility index (Phi) is 4.10. The third kappa shape index (κ3) is 3.02. The highest BCUT2D eigenvalue weighted by atomic mass is 79.9. The summed E-state index contributed by atoms with van der Waals surface area (Å²) in [4.78, 5) is 0. The molecule has 0 heterocycles. The lowest BCUT2D eigenvalue weighted by molar-refractivity contribution is 0.871. The van der Waals surface area contributed by atoms with E-state index in [1.165, 1.54) is 0 Å². The minimum atomic E-state index is -0.206. The molecule has 1 unspecified atom stereocenters. The van der Waals surface area contributed by atoms with Crippen LogP contribution in [-0.2, 0) is 0 Å². The van der Waals surface area contributed by atoms with Gasteiger partial charge in [-0.25, -0.2) is 0 Å². The highest BCUT2D eigenvalue weighted by molar-refractivity contribution is 9.10. The Labute approximate surface area is 119 Å². The predicted octanol–water partition coefficient (Wildman–Crippen LogP) is 4.80. The van der Waals surface area contributed by atoms with Crippen molar-refractivity contribution in [1.29, 1.82) is 0 Å². The van der Waals surface area contributed by atoms with Gasteiger partial charge in [-0.3, -0.25) is 0 Å². The van der Waals surface area contributed by atoms with Crippen molar-refractivity contribution in [1.82, 2.24) is 0 Å². The number of rotatable bonds is 2. The third-order valence-electron chi connectivity index (χ3n) is 2.51. The highest BCUT2D eigenvalue weighted by Gasteiger charge is 2.10. The van der Waals surface area contributed by atoms with E-state index < -0.39 is 0 Å². The summed E-state index contributed by atoms with van der Waals surface area (Å²) in [5.74, 6) is 0. The minimum Gasteiger partial charge on any atom is -0.320 e. The Bertz CT molecular complexity index is 543. The molecule has 0 radical (unpaired) electrons. The van der Waals surface area contributed by atoms with Crippen molar-refractivity contribution in [3.8, 4) is 0 Å². The second-order valence-electron chi connectivity index (χ2n) is 3.71. The van der Waals surface area contributed by atoms with Crippen molar-refractivity contribution in [2.75, 3.05) is 0 Å². The molecule has 0 fully saturated rings. The molecule has 1 nitrogen and oxygen atoms in total. The van der Waals surface area contributed by atoms with Gasteiger partial charge in [0, 0.05) is 9.50 Å². The van der Waals surface area contributed by atoms with E-state index in [1.807, 2.05) is 42.5 Å². The Morgan fingerprint density at radius 3 is 2.35 bits per heavy atom. The summed E-state index contributed by atoms with van der Waals surface area (Å²) in [5, 5.41) is 1.36. The first-order chi connectivity index (χ1) is 8.08. The van der Waals surface area contributed by atoms with Gasteiger partial charge in [-0.1, -0.05) is 41.4 Å². The van der Waals surface area contributed by atoms with Crippen molar-refractivity contribution in [3.05, 3.63) is 68.1 Å². The molecule has 17 heavy (non-hydrogen) atoms. The van der Waals surface area contributed by atoms with Crippen LogP contribution < -0.4 is 5.73 Å². The van der Waals surface area contributed by atoms with Crippen LogP contribution in [0.4, 0.5) is 0 Å². The Morgan fingerprint density at radius 1 is 1.00 bits per heavy atom. The molecule has 0 bridgehead atoms. The maximum atomic E-state index is 6.18. The lowest BCUT2D eigenvalue weighted by Crippen LogP contribution is -2.11. The van der Waals surface area contributed by atoms with Gasteiger partial charge < -0.3 is 5.73 Å². The third-order valence-corrected chi connectivity index (χ3v) is 3.96. The van der Waals surface area contributed by atoms with Crippen LogP contribution in [0, 0.1) is 0 Å². The largest absolute Gasteiger partial charge is 0.320 e. The molecule has 0 aromatic heterocycles. The Morgan fingerprint density at radius 2 is 1.71 bits per heavy atom. The van der Waals surface area contributed by atoms with Gasteiger partial charge in [0.2, 0.25) is 0 Å². The summed E-state index contributed by atoms with van der Waals surface area (Å²) < 4.78 is 0.842. The van der Waals surface area contributed by atoms with E-state index in [0.717, 1.165) is 15.6 Å². The fraction of sp³-hybridized carbons (Fsp3) is 0.0769. The number of nitrogens with two attached hydrogens (primary N) is 1. The summed E-state index contributed by atoms with van der Waals surface area (Å²) in [6.07, 6.45) is 0. The highest BCUT2D eigenvalue weighted by Crippen LogP contribution is 2.28. The molecule has 2 aromatic rings. The van der Waals surface area contributed by atoms with E-state index in [1.54, 1.807) is 0 Å². The maximum absolute atomic E-state index is 6.18. The number of benzene rings is 2. The quantitative estimate of drug-likeness (QED) is 0.840. The fourth-order valence-corrected chi connectivity index (χ4v) is 2.31. The van der Waals surface area contributed by atoms with Crippen molar-refractivity contribution in [3.63, 3.8) is 0 Å². The molecular weight excluding hydrogens is 321 g/mol. The molecule has 4 heteroatoms. The number of hydrogen-bond donors (Lipinski definition) is 1. The first-order valence-corrected chi connectivity index (χ1v) is 6.59. The lowest BCUT2D eigenvalue weighted by atomic mass is 10.00. The van der Waals surface area contributed by atoms with Crippen LogP contribution in [0.15, 0.2) is 46.9 Å². The molecule has 0 amide bonds. The summed E-state index contributed by atoms with van der Waals surface area (Å²) in [7, 11) is 0. The average Bonchev–Trinajstić information content (AvgIpc) is 2.32. The summed E-state index contributed by atoms with van der Waals surface area (Å²) in [6, 6.07) is 13.0. The van der Waals surface area contributed by atoms with Gasteiger partial charge >= 0.3 is 0 Å². The van der Waals surface area contributed by atoms with Crippen LogP contribution >= 0.6 is 39.1 Å². The second-order valence-corrected chi connectivity index (χ2v) is 5.40. The molecular formula is C13H10BrCl2N. The van der Waals surface area contributed by atoms with Crippen LogP contribution in [0.3, 0.4) is 0 Å². The predicted molar refractivity (Wildman–Crippen MR) is 76.6 cm³/mol. The van der Waals surface area contributed by atoms with E-state index in [-0.39, 0.29) is 6.04 Å². The van der Waals surface area contributed by atoms with Crippen LogP contribution in [0.5, 0.6) is 0 Å². The van der Waals surface area contributed by atoms with Gasteiger partial charge in [-0.15, -0.1) is 0 Å². The summed E-state index contributed by atoms with van der Waals surface area (Å²) >= 11 is 15.3. The van der Waals surface area contributed by atoms with Crippen LogP contribution in [0.25, 0.3) is 0 Å². The molecule has 0 aliphatic rings. The van der Waals surface area contributed by atoms with Crippen molar-refractivity contribution < 1.29 is 0 Å². The van der Waals surface area contributed by atoms with Crippen LogP contribution in [-0.4, -0.2) is 0 Å². The topological polar surface area (TPSA) is 26.0 Å². The first-order valence-electron chi connectivity index (χ1n) is 5.04. The molecule has 0 spiro atoms. The SMILES string of the molecule is NC(c1cccc(Cl)c1)c1ccc(Cl)c(Br)c1. The van der Waals surface area contributed by atoms with E-state index in [2.05, 4.69) is 15.9 Å². The Balaban J connectivity index is 2.36. The molecule has 88 valence electrons.